The van der Waals surface area contributed by atoms with E-state index in [0.717, 1.165) is 25.7 Å². The van der Waals surface area contributed by atoms with Gasteiger partial charge in [0.1, 0.15) is 5.82 Å². The van der Waals surface area contributed by atoms with Gasteiger partial charge in [-0.3, -0.25) is 4.79 Å². The number of para-hydroxylation sites is 1. The molecule has 3 aromatic rings. The quantitative estimate of drug-likeness (QED) is 0.543. The number of benzene rings is 2. The molecule has 1 saturated carbocycles. The highest BCUT2D eigenvalue weighted by Crippen LogP contribution is 2.32. The maximum atomic E-state index is 13.3. The summed E-state index contributed by atoms with van der Waals surface area (Å²) in [5.74, 6) is 0.509. The summed E-state index contributed by atoms with van der Waals surface area (Å²) in [6.07, 6.45) is 5.97. The molecule has 1 heterocycles. The molecule has 0 aliphatic heterocycles. The van der Waals surface area contributed by atoms with Crippen LogP contribution in [0.4, 0.5) is 0 Å². The van der Waals surface area contributed by atoms with Gasteiger partial charge in [-0.25, -0.2) is 9.78 Å². The Morgan fingerprint density at radius 1 is 1.18 bits per heavy atom. The Morgan fingerprint density at radius 3 is 2.67 bits per heavy atom. The lowest BCUT2D eigenvalue weighted by atomic mass is 9.88. The second kappa shape index (κ2) is 9.85. The number of nitrogens with zero attached hydrogens (tertiary/aromatic N) is 3. The van der Waals surface area contributed by atoms with Gasteiger partial charge in [0.25, 0.3) is 5.56 Å². The number of hydrogen-bond acceptors (Lipinski definition) is 6. The first kappa shape index (κ1) is 22.5. The third-order valence-corrected chi connectivity index (χ3v) is 5.91. The van der Waals surface area contributed by atoms with Crippen LogP contribution in [0, 0.1) is 0 Å². The van der Waals surface area contributed by atoms with E-state index in [1.807, 2.05) is 18.2 Å². The number of aromatic nitrogens is 2. The van der Waals surface area contributed by atoms with Gasteiger partial charge in [0, 0.05) is 5.92 Å². The third-order valence-electron chi connectivity index (χ3n) is 5.91. The first-order chi connectivity index (χ1) is 16.0. The molecule has 0 spiro atoms. The molecule has 0 saturated heterocycles. The van der Waals surface area contributed by atoms with Crippen LogP contribution in [-0.2, 0) is 4.79 Å². The van der Waals surface area contributed by atoms with E-state index in [2.05, 4.69) is 5.10 Å². The van der Waals surface area contributed by atoms with Crippen LogP contribution in [0.2, 0.25) is 0 Å². The van der Waals surface area contributed by atoms with Crippen LogP contribution in [0.1, 0.15) is 56.3 Å². The van der Waals surface area contributed by atoms with Crippen LogP contribution < -0.4 is 15.0 Å². The Morgan fingerprint density at radius 2 is 1.94 bits per heavy atom. The minimum absolute atomic E-state index is 0.191. The first-order valence-electron chi connectivity index (χ1n) is 11.1. The van der Waals surface area contributed by atoms with Gasteiger partial charge < -0.3 is 14.6 Å². The van der Waals surface area contributed by atoms with Gasteiger partial charge in [-0.1, -0.05) is 31.4 Å². The fraction of sp³-hybridized carbons (Fsp3) is 0.360. The summed E-state index contributed by atoms with van der Waals surface area (Å²) in [4.78, 5) is 29.2. The summed E-state index contributed by atoms with van der Waals surface area (Å²) >= 11 is 0. The van der Waals surface area contributed by atoms with Gasteiger partial charge >= 0.3 is 5.97 Å². The molecule has 2 aromatic carbocycles. The van der Waals surface area contributed by atoms with E-state index in [1.165, 1.54) is 25.1 Å². The fourth-order valence-electron chi connectivity index (χ4n) is 4.10. The zero-order chi connectivity index (χ0) is 23.4. The van der Waals surface area contributed by atoms with E-state index in [9.17, 15) is 9.59 Å². The molecule has 1 aliphatic carbocycles. The summed E-state index contributed by atoms with van der Waals surface area (Å²) in [6.45, 7) is 1.45. The van der Waals surface area contributed by atoms with Crippen LogP contribution in [0.25, 0.3) is 10.9 Å². The number of hydrogen-bond donors (Lipinski definition) is 1. The molecule has 8 heteroatoms. The number of methoxy groups -OCH3 is 1. The largest absolute Gasteiger partial charge is 0.493 e. The average molecular weight is 450 g/mol. The van der Waals surface area contributed by atoms with Crippen molar-refractivity contribution < 1.29 is 19.4 Å². The van der Waals surface area contributed by atoms with Crippen molar-refractivity contribution in [3.63, 3.8) is 0 Å². The van der Waals surface area contributed by atoms with Crippen LogP contribution in [-0.4, -0.2) is 40.2 Å². The molecule has 0 radical (unpaired) electrons. The molecular weight excluding hydrogens is 422 g/mol. The second-order valence-electron chi connectivity index (χ2n) is 8.19. The lowest BCUT2D eigenvalue weighted by molar-refractivity contribution is -0.144. The lowest BCUT2D eigenvalue weighted by Gasteiger charge is -2.22. The van der Waals surface area contributed by atoms with Crippen LogP contribution >= 0.6 is 0 Å². The number of carbonyl (C=O) groups is 1. The number of carboxylic acid groups (broad SMARTS) is 1. The molecule has 33 heavy (non-hydrogen) atoms. The van der Waals surface area contributed by atoms with E-state index in [-0.39, 0.29) is 11.5 Å². The summed E-state index contributed by atoms with van der Waals surface area (Å²) in [5, 5.41) is 14.1. The Kier molecular flexibility index (Phi) is 6.72. The maximum Gasteiger partial charge on any atom is 0.344 e. The van der Waals surface area contributed by atoms with Gasteiger partial charge in [-0.05, 0) is 55.7 Å². The minimum atomic E-state index is -1.07. The highest BCUT2D eigenvalue weighted by Gasteiger charge is 2.22. The van der Waals surface area contributed by atoms with Crippen LogP contribution in [0.3, 0.4) is 0 Å². The normalized spacial score (nSPS) is 15.6. The van der Waals surface area contributed by atoms with Crippen molar-refractivity contribution in [2.45, 2.75) is 51.0 Å². The van der Waals surface area contributed by atoms with E-state index in [1.54, 1.807) is 30.5 Å². The Hall–Kier alpha value is -3.68. The van der Waals surface area contributed by atoms with Gasteiger partial charge in [0.05, 0.1) is 24.2 Å². The molecular formula is C25H27N3O5. The zero-order valence-electron chi connectivity index (χ0n) is 18.7. The number of ether oxygens (including phenoxy) is 2. The van der Waals surface area contributed by atoms with Crippen molar-refractivity contribution in [3.8, 4) is 11.5 Å². The molecule has 1 aromatic heterocycles. The number of fused-ring (bicyclic) bond motifs is 1. The van der Waals surface area contributed by atoms with Crippen LogP contribution in [0.15, 0.2) is 52.4 Å². The molecule has 1 fully saturated rings. The number of carboxylic acids is 1. The van der Waals surface area contributed by atoms with E-state index in [0.29, 0.717) is 33.8 Å². The molecule has 172 valence electrons. The van der Waals surface area contributed by atoms with Crippen molar-refractivity contribution in [2.24, 2.45) is 5.10 Å². The minimum Gasteiger partial charge on any atom is -0.493 e. The van der Waals surface area contributed by atoms with Crippen LogP contribution in [0.5, 0.6) is 11.5 Å². The average Bonchev–Trinajstić information content (AvgIpc) is 2.84. The molecule has 4 rings (SSSR count). The molecule has 1 N–H and O–H groups in total. The van der Waals surface area contributed by atoms with Crippen molar-refractivity contribution in [2.75, 3.05) is 7.11 Å². The Bertz CT molecular complexity index is 1240. The first-order valence-corrected chi connectivity index (χ1v) is 11.1. The van der Waals surface area contributed by atoms with Crippen molar-refractivity contribution >= 4 is 23.1 Å². The standard InChI is InChI=1S/C25H27N3O5/c1-16(25(30)31)33-21-13-12-17(14-22(21)32-2)15-26-28-23(18-8-4-3-5-9-18)27-20-11-7-6-10-19(20)24(28)29/h6-7,10-16,18H,3-5,8-9H2,1-2H3,(H,30,31)/t16-/m1/s1. The molecule has 1 atom stereocenters. The van der Waals surface area contributed by atoms with Gasteiger partial charge in [0.15, 0.2) is 17.6 Å². The highest BCUT2D eigenvalue weighted by atomic mass is 16.5. The third kappa shape index (κ3) is 4.89. The Balaban J connectivity index is 1.72. The topological polar surface area (TPSA) is 103 Å². The van der Waals surface area contributed by atoms with Crippen molar-refractivity contribution in [1.82, 2.24) is 9.66 Å². The summed E-state index contributed by atoms with van der Waals surface area (Å²) in [5.41, 5.74) is 1.17. The van der Waals surface area contributed by atoms with Gasteiger partial charge in [0.2, 0.25) is 0 Å². The Labute approximate surface area is 191 Å². The smallest absolute Gasteiger partial charge is 0.344 e. The van der Waals surface area contributed by atoms with E-state index in [4.69, 9.17) is 19.6 Å². The van der Waals surface area contributed by atoms with Gasteiger partial charge in [-0.15, -0.1) is 0 Å². The number of aliphatic carboxylic acids is 1. The summed E-state index contributed by atoms with van der Waals surface area (Å²) in [7, 11) is 1.48. The summed E-state index contributed by atoms with van der Waals surface area (Å²) < 4.78 is 12.2. The fourth-order valence-corrected chi connectivity index (χ4v) is 4.10. The molecule has 0 bridgehead atoms. The van der Waals surface area contributed by atoms with E-state index < -0.39 is 12.1 Å². The van der Waals surface area contributed by atoms with E-state index >= 15 is 0 Å². The lowest BCUT2D eigenvalue weighted by Crippen LogP contribution is -2.25. The molecule has 0 amide bonds. The van der Waals surface area contributed by atoms with Crippen molar-refractivity contribution in [1.29, 1.82) is 0 Å². The SMILES string of the molecule is COc1cc(C=Nn2c(C3CCCCC3)nc3ccccc3c2=O)ccc1O[C@H](C)C(=O)O. The molecule has 1 aliphatic rings. The molecule has 8 nitrogen and oxygen atoms in total. The predicted molar refractivity (Wildman–Crippen MR) is 126 cm³/mol. The molecule has 0 unspecified atom stereocenters. The zero-order valence-corrected chi connectivity index (χ0v) is 18.7. The monoisotopic (exact) mass is 449 g/mol. The second-order valence-corrected chi connectivity index (χ2v) is 8.19. The predicted octanol–water partition coefficient (Wildman–Crippen LogP) is 4.19. The van der Waals surface area contributed by atoms with Crippen molar-refractivity contribution in [3.05, 3.63) is 64.2 Å². The maximum absolute atomic E-state index is 13.3. The highest BCUT2D eigenvalue weighted by molar-refractivity contribution is 5.81. The number of rotatable bonds is 7. The summed E-state index contributed by atoms with van der Waals surface area (Å²) in [6, 6.07) is 12.4. The van der Waals surface area contributed by atoms with Gasteiger partial charge in [-0.2, -0.15) is 9.78 Å².